The molecule has 2 aromatic heterocycles. The highest BCUT2D eigenvalue weighted by molar-refractivity contribution is 6.04. The summed E-state index contributed by atoms with van der Waals surface area (Å²) in [6.07, 6.45) is 6.24. The second kappa shape index (κ2) is 8.90. The average molecular weight is 437 g/mol. The summed E-state index contributed by atoms with van der Waals surface area (Å²) in [6, 6.07) is 6.47. The van der Waals surface area contributed by atoms with Crippen LogP contribution in [0.2, 0.25) is 0 Å². The quantitative estimate of drug-likeness (QED) is 0.792. The number of hydrogen-bond acceptors (Lipinski definition) is 7. The van der Waals surface area contributed by atoms with Gasteiger partial charge in [0.05, 0.1) is 11.7 Å². The summed E-state index contributed by atoms with van der Waals surface area (Å²) in [6.45, 7) is 10.4. The second-order valence-electron chi connectivity index (χ2n) is 9.12. The molecule has 0 aromatic carbocycles. The molecule has 1 unspecified atom stereocenters. The number of fused-ring (bicyclic) bond motifs is 4. The van der Waals surface area contributed by atoms with E-state index in [1.165, 1.54) is 6.33 Å². The van der Waals surface area contributed by atoms with E-state index >= 15 is 0 Å². The van der Waals surface area contributed by atoms with Gasteiger partial charge in [-0.2, -0.15) is 0 Å². The van der Waals surface area contributed by atoms with Gasteiger partial charge in [0.1, 0.15) is 18.0 Å². The van der Waals surface area contributed by atoms with Crippen LogP contribution in [0.3, 0.4) is 0 Å². The van der Waals surface area contributed by atoms with Crippen LogP contribution in [0.15, 0.2) is 30.7 Å². The zero-order valence-corrected chi connectivity index (χ0v) is 18.9. The summed E-state index contributed by atoms with van der Waals surface area (Å²) >= 11 is 0. The predicted molar refractivity (Wildman–Crippen MR) is 127 cm³/mol. The number of urea groups is 1. The molecule has 3 aliphatic rings. The van der Waals surface area contributed by atoms with E-state index in [0.717, 1.165) is 75.9 Å². The number of piperidine rings is 1. The fourth-order valence-corrected chi connectivity index (χ4v) is 5.07. The molecule has 2 bridgehead atoms. The van der Waals surface area contributed by atoms with Crippen LogP contribution < -0.4 is 20.0 Å². The number of carbonyl (C=O) groups excluding carboxylic acids is 1. The van der Waals surface area contributed by atoms with Crippen LogP contribution in [-0.2, 0) is 0 Å². The summed E-state index contributed by atoms with van der Waals surface area (Å²) in [5.41, 5.74) is 1.04. The van der Waals surface area contributed by atoms with E-state index in [1.807, 2.05) is 4.90 Å². The van der Waals surface area contributed by atoms with Gasteiger partial charge >= 0.3 is 6.03 Å². The number of amides is 2. The van der Waals surface area contributed by atoms with Gasteiger partial charge in [0.15, 0.2) is 5.82 Å². The summed E-state index contributed by atoms with van der Waals surface area (Å²) in [4.78, 5) is 35.6. The Hall–Kier alpha value is -2.94. The van der Waals surface area contributed by atoms with E-state index in [2.05, 4.69) is 56.0 Å². The van der Waals surface area contributed by atoms with Gasteiger partial charge in [-0.3, -0.25) is 15.1 Å². The van der Waals surface area contributed by atoms with Crippen molar-refractivity contribution in [3.63, 3.8) is 0 Å². The van der Waals surface area contributed by atoms with Gasteiger partial charge < -0.3 is 9.80 Å². The van der Waals surface area contributed by atoms with Gasteiger partial charge in [0, 0.05) is 51.5 Å². The summed E-state index contributed by atoms with van der Waals surface area (Å²) in [7, 11) is 0. The summed E-state index contributed by atoms with van der Waals surface area (Å²) < 4.78 is 0. The smallest absolute Gasteiger partial charge is 0.329 e. The Bertz CT molecular complexity index is 952. The Morgan fingerprint density at radius 2 is 1.94 bits per heavy atom. The number of nitrogens with one attached hydrogen (secondary N) is 1. The number of nitrogens with zero attached hydrogens (tertiary/aromatic N) is 7. The maximum Gasteiger partial charge on any atom is 0.329 e. The van der Waals surface area contributed by atoms with Crippen LogP contribution >= 0.6 is 0 Å². The number of aromatic nitrogens is 3. The maximum atomic E-state index is 13.4. The van der Waals surface area contributed by atoms with Crippen LogP contribution in [0.4, 0.5) is 27.9 Å². The zero-order valence-electron chi connectivity index (χ0n) is 18.9. The Labute approximate surface area is 189 Å². The van der Waals surface area contributed by atoms with Gasteiger partial charge in [-0.1, -0.05) is 0 Å². The molecule has 5 rings (SSSR count). The highest BCUT2D eigenvalue weighted by atomic mass is 16.2. The lowest BCUT2D eigenvalue weighted by atomic mass is 10.00. The van der Waals surface area contributed by atoms with E-state index in [1.54, 1.807) is 12.3 Å². The normalized spacial score (nSPS) is 21.3. The molecular formula is C23H32N8O. The third-order valence-corrected chi connectivity index (χ3v) is 6.79. The molecule has 0 spiro atoms. The molecule has 3 aliphatic heterocycles. The van der Waals surface area contributed by atoms with Gasteiger partial charge in [0.25, 0.3) is 0 Å². The molecule has 0 saturated carbocycles. The van der Waals surface area contributed by atoms with Crippen LogP contribution in [0.1, 0.15) is 33.1 Å². The molecule has 2 aromatic rings. The number of hydrogen-bond donors (Lipinski definition) is 1. The highest BCUT2D eigenvalue weighted by Crippen LogP contribution is 2.39. The topological polar surface area (TPSA) is 80.7 Å². The third-order valence-electron chi connectivity index (χ3n) is 6.79. The highest BCUT2D eigenvalue weighted by Gasteiger charge is 2.38. The van der Waals surface area contributed by atoms with Crippen LogP contribution in [0.25, 0.3) is 0 Å². The van der Waals surface area contributed by atoms with Gasteiger partial charge in [0.2, 0.25) is 0 Å². The van der Waals surface area contributed by atoms with Crippen molar-refractivity contribution in [1.82, 2.24) is 19.9 Å². The zero-order chi connectivity index (χ0) is 22.1. The first-order chi connectivity index (χ1) is 15.6. The molecule has 9 nitrogen and oxygen atoms in total. The first kappa shape index (κ1) is 20.9. The predicted octanol–water partition coefficient (Wildman–Crippen LogP) is 2.81. The van der Waals surface area contributed by atoms with E-state index in [9.17, 15) is 4.79 Å². The third kappa shape index (κ3) is 4.09. The number of rotatable bonds is 3. The molecule has 0 radical (unpaired) electrons. The van der Waals surface area contributed by atoms with Crippen molar-refractivity contribution in [3.8, 4) is 0 Å². The molecule has 9 heteroatoms. The Morgan fingerprint density at radius 3 is 2.75 bits per heavy atom. The lowest BCUT2D eigenvalue weighted by molar-refractivity contribution is 0.238. The van der Waals surface area contributed by atoms with Crippen molar-refractivity contribution < 1.29 is 4.79 Å². The number of carbonyl (C=O) groups is 1. The minimum absolute atomic E-state index is 0.112. The summed E-state index contributed by atoms with van der Waals surface area (Å²) in [5, 5.41) is 2.94. The minimum atomic E-state index is -0.178. The molecule has 2 amide bonds. The molecule has 1 atom stereocenters. The first-order valence-electron chi connectivity index (χ1n) is 11.7. The standard InChI is InChI=1S/C23H32N8O/c1-17(2)28-11-4-12-29(14-13-28)21-7-6-19-22(27-21)31(18-5-3-10-30(19)15-18)23(32)26-20-8-9-24-16-25-20/h6-9,16-18H,3-5,10-15H2,1-2H3,(H,24,25,26,32). The van der Waals surface area contributed by atoms with Crippen molar-refractivity contribution in [3.05, 3.63) is 30.7 Å². The van der Waals surface area contributed by atoms with Crippen LogP contribution in [0.5, 0.6) is 0 Å². The molecule has 2 fully saturated rings. The van der Waals surface area contributed by atoms with Crippen LogP contribution in [0, 0.1) is 0 Å². The first-order valence-corrected chi connectivity index (χ1v) is 11.7. The van der Waals surface area contributed by atoms with Crippen molar-refractivity contribution in [2.24, 2.45) is 0 Å². The Morgan fingerprint density at radius 1 is 1.06 bits per heavy atom. The van der Waals surface area contributed by atoms with E-state index in [4.69, 9.17) is 4.98 Å². The lowest BCUT2D eigenvalue weighted by Crippen LogP contribution is -2.56. The van der Waals surface area contributed by atoms with E-state index in [-0.39, 0.29) is 12.1 Å². The van der Waals surface area contributed by atoms with Gasteiger partial charge in [-0.15, -0.1) is 0 Å². The fourth-order valence-electron chi connectivity index (χ4n) is 5.07. The second-order valence-corrected chi connectivity index (χ2v) is 9.12. The number of pyridine rings is 1. The van der Waals surface area contributed by atoms with E-state index < -0.39 is 0 Å². The molecule has 0 aliphatic carbocycles. The monoisotopic (exact) mass is 436 g/mol. The molecular weight excluding hydrogens is 404 g/mol. The minimum Gasteiger partial charge on any atom is -0.366 e. The summed E-state index contributed by atoms with van der Waals surface area (Å²) in [5.74, 6) is 2.22. The largest absolute Gasteiger partial charge is 0.366 e. The van der Waals surface area contributed by atoms with Crippen molar-refractivity contribution in [2.75, 3.05) is 59.3 Å². The Kier molecular flexibility index (Phi) is 5.82. The van der Waals surface area contributed by atoms with Gasteiger partial charge in [-0.25, -0.2) is 19.7 Å². The molecule has 170 valence electrons. The number of anilines is 4. The van der Waals surface area contributed by atoms with Crippen molar-refractivity contribution in [1.29, 1.82) is 0 Å². The SMILES string of the molecule is CC(C)N1CCCN(c2ccc3c(n2)N(C(=O)Nc2ccncn2)C2CCCN3C2)CC1. The molecule has 2 saturated heterocycles. The van der Waals surface area contributed by atoms with Gasteiger partial charge in [-0.05, 0) is 51.3 Å². The van der Waals surface area contributed by atoms with Crippen LogP contribution in [-0.4, -0.2) is 77.2 Å². The fraction of sp³-hybridized carbons (Fsp3) is 0.565. The average Bonchev–Trinajstić information content (AvgIpc) is 3.06. The van der Waals surface area contributed by atoms with Crippen molar-refractivity contribution in [2.45, 2.75) is 45.2 Å². The van der Waals surface area contributed by atoms with E-state index in [0.29, 0.717) is 11.9 Å². The maximum absolute atomic E-state index is 13.4. The molecule has 32 heavy (non-hydrogen) atoms. The lowest BCUT2D eigenvalue weighted by Gasteiger charge is -2.46. The Balaban J connectivity index is 1.44. The molecule has 1 N–H and O–H groups in total. The molecule has 5 heterocycles. The van der Waals surface area contributed by atoms with Crippen molar-refractivity contribution >= 4 is 29.2 Å².